The van der Waals surface area contributed by atoms with Crippen LogP contribution in [0.3, 0.4) is 0 Å². The second kappa shape index (κ2) is 8.80. The molecule has 0 spiro atoms. The molecule has 2 rings (SSSR count). The van der Waals surface area contributed by atoms with Crippen LogP contribution in [0.4, 0.5) is 0 Å². The molecule has 0 bridgehead atoms. The number of hydrogen-bond donors (Lipinski definition) is 2. The van der Waals surface area contributed by atoms with Crippen molar-refractivity contribution in [1.29, 1.82) is 0 Å². The van der Waals surface area contributed by atoms with Crippen molar-refractivity contribution in [2.24, 2.45) is 0 Å². The summed E-state index contributed by atoms with van der Waals surface area (Å²) in [6.07, 6.45) is 1.32. The van der Waals surface area contributed by atoms with Gasteiger partial charge in [-0.3, -0.25) is 9.59 Å². The summed E-state index contributed by atoms with van der Waals surface area (Å²) in [5.41, 5.74) is 0.494. The van der Waals surface area contributed by atoms with Crippen molar-refractivity contribution >= 4 is 23.4 Å². The van der Waals surface area contributed by atoms with Crippen LogP contribution in [0.1, 0.15) is 39.5 Å². The average molecular weight is 379 g/mol. The molecule has 0 saturated heterocycles. The van der Waals surface area contributed by atoms with Crippen molar-refractivity contribution in [2.45, 2.75) is 45.6 Å². The number of aromatic nitrogens is 2. The molecule has 0 radical (unpaired) electrons. The lowest BCUT2D eigenvalue weighted by Gasteiger charge is -2.20. The van der Waals surface area contributed by atoms with Gasteiger partial charge in [-0.2, -0.15) is 4.98 Å². The van der Waals surface area contributed by atoms with Gasteiger partial charge >= 0.3 is 0 Å². The molecule has 1 aromatic heterocycles. The Kier molecular flexibility index (Phi) is 6.74. The Labute approximate surface area is 157 Å². The molecule has 2 aromatic rings. The highest BCUT2D eigenvalue weighted by Gasteiger charge is 2.14. The second-order valence-electron chi connectivity index (χ2n) is 6.95. The molecule has 0 aliphatic rings. The number of amides is 2. The Balaban J connectivity index is 1.72. The van der Waals surface area contributed by atoms with Gasteiger partial charge in [-0.05, 0) is 51.5 Å². The first-order valence-corrected chi connectivity index (χ1v) is 8.77. The van der Waals surface area contributed by atoms with E-state index in [0.29, 0.717) is 29.6 Å². The van der Waals surface area contributed by atoms with Crippen molar-refractivity contribution < 1.29 is 14.1 Å². The van der Waals surface area contributed by atoms with Gasteiger partial charge in [-0.15, -0.1) is 0 Å². The Bertz CT molecular complexity index is 751. The molecule has 0 aliphatic carbocycles. The summed E-state index contributed by atoms with van der Waals surface area (Å²) >= 11 is 5.85. The van der Waals surface area contributed by atoms with E-state index in [9.17, 15) is 9.59 Å². The fourth-order valence-corrected chi connectivity index (χ4v) is 2.33. The zero-order valence-electron chi connectivity index (χ0n) is 15.1. The van der Waals surface area contributed by atoms with Gasteiger partial charge in [0.1, 0.15) is 0 Å². The largest absolute Gasteiger partial charge is 0.350 e. The molecule has 0 fully saturated rings. The van der Waals surface area contributed by atoms with Gasteiger partial charge in [0.05, 0.1) is 6.54 Å². The van der Waals surface area contributed by atoms with Gasteiger partial charge in [0.15, 0.2) is 0 Å². The molecule has 26 heavy (non-hydrogen) atoms. The molecule has 1 aromatic carbocycles. The number of hydrogen-bond acceptors (Lipinski definition) is 5. The first-order valence-electron chi connectivity index (χ1n) is 8.39. The molecule has 1 heterocycles. The Hall–Kier alpha value is -2.41. The summed E-state index contributed by atoms with van der Waals surface area (Å²) in [5, 5.41) is 9.94. The molecule has 0 aliphatic heterocycles. The summed E-state index contributed by atoms with van der Waals surface area (Å²) in [6, 6.07) is 7.14. The van der Waals surface area contributed by atoms with Crippen LogP contribution in [0, 0.1) is 0 Å². The third-order valence-electron chi connectivity index (χ3n) is 3.33. The first-order chi connectivity index (χ1) is 12.2. The maximum absolute atomic E-state index is 11.8. The Morgan fingerprint density at radius 1 is 1.15 bits per heavy atom. The van der Waals surface area contributed by atoms with Crippen LogP contribution in [-0.4, -0.2) is 34.0 Å². The molecule has 0 unspecified atom stereocenters. The lowest BCUT2D eigenvalue weighted by Crippen LogP contribution is -2.45. The van der Waals surface area contributed by atoms with Gasteiger partial charge in [-0.25, -0.2) is 0 Å². The summed E-state index contributed by atoms with van der Waals surface area (Å²) in [7, 11) is 0. The van der Waals surface area contributed by atoms with Gasteiger partial charge in [0.25, 0.3) is 0 Å². The number of nitrogens with zero attached hydrogens (tertiary/aromatic N) is 2. The van der Waals surface area contributed by atoms with E-state index in [0.717, 1.165) is 5.56 Å². The monoisotopic (exact) mass is 378 g/mol. The van der Waals surface area contributed by atoms with Crippen LogP contribution in [0.2, 0.25) is 5.02 Å². The molecule has 8 heteroatoms. The standard InChI is InChI=1S/C18H23ClN4O3/c1-18(2,3)22-15(25)11-20-14(24)5-4-6-16-21-17(23-26-16)12-7-9-13(19)10-8-12/h7-10H,4-6,11H2,1-3H3,(H,20,24)(H,22,25). The van der Waals surface area contributed by atoms with Crippen molar-refractivity contribution in [3.63, 3.8) is 0 Å². The molecule has 2 N–H and O–H groups in total. The minimum atomic E-state index is -0.318. The lowest BCUT2D eigenvalue weighted by molar-refractivity contribution is -0.126. The van der Waals surface area contributed by atoms with Gasteiger partial charge in [-0.1, -0.05) is 16.8 Å². The normalized spacial score (nSPS) is 11.2. The number of nitrogens with one attached hydrogen (secondary N) is 2. The molecule has 0 saturated carbocycles. The second-order valence-corrected chi connectivity index (χ2v) is 7.38. The van der Waals surface area contributed by atoms with Gasteiger partial charge in [0.2, 0.25) is 23.5 Å². The minimum Gasteiger partial charge on any atom is -0.350 e. The fourth-order valence-electron chi connectivity index (χ4n) is 2.20. The van der Waals surface area contributed by atoms with E-state index in [-0.39, 0.29) is 30.3 Å². The maximum Gasteiger partial charge on any atom is 0.239 e. The maximum atomic E-state index is 11.8. The van der Waals surface area contributed by atoms with Crippen LogP contribution in [0.15, 0.2) is 28.8 Å². The third-order valence-corrected chi connectivity index (χ3v) is 3.58. The van der Waals surface area contributed by atoms with Crippen molar-refractivity contribution in [3.8, 4) is 11.4 Å². The van der Waals surface area contributed by atoms with Crippen LogP contribution >= 0.6 is 11.6 Å². The summed E-state index contributed by atoms with van der Waals surface area (Å²) < 4.78 is 5.19. The number of halogens is 1. The highest BCUT2D eigenvalue weighted by atomic mass is 35.5. The topological polar surface area (TPSA) is 97.1 Å². The van der Waals surface area contributed by atoms with E-state index in [1.807, 2.05) is 32.9 Å². The third kappa shape index (κ3) is 6.84. The zero-order valence-corrected chi connectivity index (χ0v) is 15.9. The lowest BCUT2D eigenvalue weighted by atomic mass is 10.1. The van der Waals surface area contributed by atoms with Crippen LogP contribution in [0.25, 0.3) is 11.4 Å². The highest BCUT2D eigenvalue weighted by molar-refractivity contribution is 6.30. The molecule has 0 atom stereocenters. The molecular weight excluding hydrogens is 356 g/mol. The zero-order chi connectivity index (χ0) is 19.2. The predicted molar refractivity (Wildman–Crippen MR) is 98.6 cm³/mol. The van der Waals surface area contributed by atoms with Crippen LogP contribution in [0.5, 0.6) is 0 Å². The van der Waals surface area contributed by atoms with Crippen LogP contribution in [-0.2, 0) is 16.0 Å². The average Bonchev–Trinajstić information content (AvgIpc) is 3.01. The number of carbonyl (C=O) groups excluding carboxylic acids is 2. The fraction of sp³-hybridized carbons (Fsp3) is 0.444. The molecule has 2 amide bonds. The highest BCUT2D eigenvalue weighted by Crippen LogP contribution is 2.19. The van der Waals surface area contributed by atoms with Crippen molar-refractivity contribution in [3.05, 3.63) is 35.2 Å². The van der Waals surface area contributed by atoms with Gasteiger partial charge < -0.3 is 15.2 Å². The predicted octanol–water partition coefficient (Wildman–Crippen LogP) is 2.74. The molecule has 7 nitrogen and oxygen atoms in total. The van der Waals surface area contributed by atoms with E-state index in [1.54, 1.807) is 12.1 Å². The Morgan fingerprint density at radius 2 is 1.85 bits per heavy atom. The van der Waals surface area contributed by atoms with E-state index in [1.165, 1.54) is 0 Å². The van der Waals surface area contributed by atoms with Crippen LogP contribution < -0.4 is 10.6 Å². The van der Waals surface area contributed by atoms with E-state index in [4.69, 9.17) is 16.1 Å². The van der Waals surface area contributed by atoms with E-state index >= 15 is 0 Å². The first kappa shape index (κ1) is 19.9. The molecule has 140 valence electrons. The number of rotatable bonds is 7. The summed E-state index contributed by atoms with van der Waals surface area (Å²) in [6.45, 7) is 5.62. The SMILES string of the molecule is CC(C)(C)NC(=O)CNC(=O)CCCc1nc(-c2ccc(Cl)cc2)no1. The van der Waals surface area contributed by atoms with Crippen molar-refractivity contribution in [2.75, 3.05) is 6.54 Å². The van der Waals surface area contributed by atoms with E-state index in [2.05, 4.69) is 20.8 Å². The number of aryl methyl sites for hydroxylation is 1. The minimum absolute atomic E-state index is 0.0304. The Morgan fingerprint density at radius 3 is 2.50 bits per heavy atom. The van der Waals surface area contributed by atoms with E-state index < -0.39 is 0 Å². The molecular formula is C18H23ClN4O3. The number of benzene rings is 1. The van der Waals surface area contributed by atoms with Gasteiger partial charge in [0, 0.05) is 29.0 Å². The number of carbonyl (C=O) groups is 2. The summed E-state index contributed by atoms with van der Waals surface area (Å²) in [5.74, 6) is 0.551. The van der Waals surface area contributed by atoms with Crippen molar-refractivity contribution in [1.82, 2.24) is 20.8 Å². The quantitative estimate of drug-likeness (QED) is 0.772. The summed E-state index contributed by atoms with van der Waals surface area (Å²) in [4.78, 5) is 27.7. The smallest absolute Gasteiger partial charge is 0.239 e.